The highest BCUT2D eigenvalue weighted by Crippen LogP contribution is 2.17. The van der Waals surface area contributed by atoms with Crippen molar-refractivity contribution in [3.05, 3.63) is 35.9 Å². The average molecular weight is 236 g/mol. The Kier molecular flexibility index (Phi) is 5.66. The summed E-state index contributed by atoms with van der Waals surface area (Å²) in [5.41, 5.74) is 6.40. The second-order valence-electron chi connectivity index (χ2n) is 3.93. The topological polar surface area (TPSA) is 55.6 Å². The molecule has 0 saturated heterocycles. The second-order valence-corrected chi connectivity index (χ2v) is 3.93. The van der Waals surface area contributed by atoms with Crippen molar-refractivity contribution in [3.8, 4) is 0 Å². The van der Waals surface area contributed by atoms with Crippen LogP contribution >= 0.6 is 0 Å². The molecular formula is C13H20N2O2. The molecular weight excluding hydrogens is 216 g/mol. The summed E-state index contributed by atoms with van der Waals surface area (Å²) in [5.74, 6) is -0.0326. The molecule has 1 atom stereocenters. The maximum atomic E-state index is 11.8. The highest BCUT2D eigenvalue weighted by molar-refractivity contribution is 5.77. The van der Waals surface area contributed by atoms with Crippen LogP contribution in [0.4, 0.5) is 0 Å². The molecule has 2 N–H and O–H groups in total. The molecule has 1 aromatic rings. The Balaban J connectivity index is 2.51. The number of hydrogen-bond donors (Lipinski definition) is 1. The molecule has 0 aliphatic heterocycles. The molecule has 1 aromatic carbocycles. The summed E-state index contributed by atoms with van der Waals surface area (Å²) < 4.78 is 5.14. The van der Waals surface area contributed by atoms with Crippen molar-refractivity contribution in [1.29, 1.82) is 0 Å². The number of nitrogens with two attached hydrogens (primary N) is 1. The fourth-order valence-electron chi connectivity index (χ4n) is 1.52. The predicted molar refractivity (Wildman–Crippen MR) is 67.5 cm³/mol. The summed E-state index contributed by atoms with van der Waals surface area (Å²) in [6, 6.07) is 9.96. The SMILES string of the molecule is CC(c1ccccc1)N(C)C(=O)COCCN. The molecule has 0 spiro atoms. The van der Waals surface area contributed by atoms with Crippen LogP contribution in [0.3, 0.4) is 0 Å². The van der Waals surface area contributed by atoms with Gasteiger partial charge in [-0.2, -0.15) is 0 Å². The van der Waals surface area contributed by atoms with E-state index in [4.69, 9.17) is 10.5 Å². The van der Waals surface area contributed by atoms with Crippen molar-refractivity contribution >= 4 is 5.91 Å². The zero-order valence-electron chi connectivity index (χ0n) is 10.4. The monoisotopic (exact) mass is 236 g/mol. The molecule has 0 aromatic heterocycles. The van der Waals surface area contributed by atoms with Crippen LogP contribution in [0.5, 0.6) is 0 Å². The lowest BCUT2D eigenvalue weighted by molar-refractivity contribution is -0.136. The van der Waals surface area contributed by atoms with Crippen molar-refractivity contribution in [2.45, 2.75) is 13.0 Å². The zero-order chi connectivity index (χ0) is 12.7. The third-order valence-corrected chi connectivity index (χ3v) is 2.74. The van der Waals surface area contributed by atoms with E-state index in [-0.39, 0.29) is 18.6 Å². The minimum atomic E-state index is -0.0326. The molecule has 4 nitrogen and oxygen atoms in total. The quantitative estimate of drug-likeness (QED) is 0.755. The van der Waals surface area contributed by atoms with Gasteiger partial charge in [0.25, 0.3) is 0 Å². The Bertz CT molecular complexity index is 341. The number of nitrogens with zero attached hydrogens (tertiary/aromatic N) is 1. The van der Waals surface area contributed by atoms with Gasteiger partial charge in [-0.05, 0) is 12.5 Å². The molecule has 17 heavy (non-hydrogen) atoms. The van der Waals surface area contributed by atoms with Crippen LogP contribution in [0.15, 0.2) is 30.3 Å². The van der Waals surface area contributed by atoms with Gasteiger partial charge < -0.3 is 15.4 Å². The minimum absolute atomic E-state index is 0.0326. The van der Waals surface area contributed by atoms with E-state index in [1.54, 1.807) is 11.9 Å². The van der Waals surface area contributed by atoms with Gasteiger partial charge in [-0.25, -0.2) is 0 Å². The fourth-order valence-corrected chi connectivity index (χ4v) is 1.52. The maximum absolute atomic E-state index is 11.8. The summed E-state index contributed by atoms with van der Waals surface area (Å²) in [6.45, 7) is 2.94. The van der Waals surface area contributed by atoms with Crippen molar-refractivity contribution in [2.24, 2.45) is 5.73 Å². The first-order valence-corrected chi connectivity index (χ1v) is 5.75. The molecule has 0 aliphatic rings. The average Bonchev–Trinajstić information content (AvgIpc) is 2.38. The molecule has 0 aliphatic carbocycles. The van der Waals surface area contributed by atoms with E-state index in [0.717, 1.165) is 5.56 Å². The highest BCUT2D eigenvalue weighted by atomic mass is 16.5. The van der Waals surface area contributed by atoms with Gasteiger partial charge in [0.15, 0.2) is 0 Å². The van der Waals surface area contributed by atoms with Gasteiger partial charge >= 0.3 is 0 Å². The van der Waals surface area contributed by atoms with Crippen molar-refractivity contribution in [1.82, 2.24) is 4.90 Å². The molecule has 1 rings (SSSR count). The Hall–Kier alpha value is -1.39. The van der Waals surface area contributed by atoms with E-state index >= 15 is 0 Å². The zero-order valence-corrected chi connectivity index (χ0v) is 10.4. The Labute approximate surface area is 102 Å². The van der Waals surface area contributed by atoms with Gasteiger partial charge in [-0.1, -0.05) is 30.3 Å². The molecule has 0 fully saturated rings. The molecule has 4 heteroatoms. The molecule has 0 heterocycles. The Morgan fingerprint density at radius 1 is 1.41 bits per heavy atom. The van der Waals surface area contributed by atoms with E-state index in [9.17, 15) is 4.79 Å². The number of ether oxygens (including phenoxy) is 1. The lowest BCUT2D eigenvalue weighted by atomic mass is 10.1. The molecule has 0 radical (unpaired) electrons. The van der Waals surface area contributed by atoms with Gasteiger partial charge in [0.05, 0.1) is 12.6 Å². The summed E-state index contributed by atoms with van der Waals surface area (Å²) >= 11 is 0. The van der Waals surface area contributed by atoms with E-state index in [2.05, 4.69) is 0 Å². The minimum Gasteiger partial charge on any atom is -0.370 e. The van der Waals surface area contributed by atoms with Crippen molar-refractivity contribution in [2.75, 3.05) is 26.8 Å². The van der Waals surface area contributed by atoms with E-state index in [0.29, 0.717) is 13.2 Å². The van der Waals surface area contributed by atoms with Crippen LogP contribution in [0, 0.1) is 0 Å². The van der Waals surface area contributed by atoms with Crippen LogP contribution in [-0.2, 0) is 9.53 Å². The smallest absolute Gasteiger partial charge is 0.248 e. The number of benzene rings is 1. The van der Waals surface area contributed by atoms with Crippen LogP contribution in [-0.4, -0.2) is 37.6 Å². The molecule has 0 saturated carbocycles. The Morgan fingerprint density at radius 3 is 2.65 bits per heavy atom. The number of amides is 1. The van der Waals surface area contributed by atoms with Crippen LogP contribution in [0.2, 0.25) is 0 Å². The standard InChI is InChI=1S/C13H20N2O2/c1-11(12-6-4-3-5-7-12)15(2)13(16)10-17-9-8-14/h3-7,11H,8-10,14H2,1-2H3. The summed E-state index contributed by atoms with van der Waals surface area (Å²) in [7, 11) is 1.78. The van der Waals surface area contributed by atoms with Crippen molar-refractivity contribution < 1.29 is 9.53 Å². The predicted octanol–water partition coefficient (Wildman–Crippen LogP) is 1.18. The van der Waals surface area contributed by atoms with Gasteiger partial charge in [-0.3, -0.25) is 4.79 Å². The van der Waals surface area contributed by atoms with Crippen LogP contribution < -0.4 is 5.73 Å². The lowest BCUT2D eigenvalue weighted by Gasteiger charge is -2.25. The van der Waals surface area contributed by atoms with Gasteiger partial charge in [0.2, 0.25) is 5.91 Å². The lowest BCUT2D eigenvalue weighted by Crippen LogP contribution is -2.33. The van der Waals surface area contributed by atoms with E-state index < -0.39 is 0 Å². The first kappa shape index (κ1) is 13.7. The normalized spacial score (nSPS) is 12.2. The summed E-state index contributed by atoms with van der Waals surface area (Å²) in [6.07, 6.45) is 0. The number of hydrogen-bond acceptors (Lipinski definition) is 3. The van der Waals surface area contributed by atoms with Gasteiger partial charge in [0.1, 0.15) is 6.61 Å². The van der Waals surface area contributed by atoms with Crippen LogP contribution in [0.25, 0.3) is 0 Å². The third kappa shape index (κ3) is 4.17. The summed E-state index contributed by atoms with van der Waals surface area (Å²) in [5, 5.41) is 0. The summed E-state index contributed by atoms with van der Waals surface area (Å²) in [4.78, 5) is 13.5. The van der Waals surface area contributed by atoms with Crippen molar-refractivity contribution in [3.63, 3.8) is 0 Å². The maximum Gasteiger partial charge on any atom is 0.248 e. The number of rotatable bonds is 6. The fraction of sp³-hybridized carbons (Fsp3) is 0.462. The molecule has 94 valence electrons. The number of carbonyl (C=O) groups excluding carboxylic acids is 1. The van der Waals surface area contributed by atoms with E-state index in [1.165, 1.54) is 0 Å². The van der Waals surface area contributed by atoms with Crippen LogP contribution in [0.1, 0.15) is 18.5 Å². The molecule has 1 amide bonds. The largest absolute Gasteiger partial charge is 0.370 e. The van der Waals surface area contributed by atoms with Gasteiger partial charge in [-0.15, -0.1) is 0 Å². The van der Waals surface area contributed by atoms with E-state index in [1.807, 2.05) is 37.3 Å². The number of carbonyl (C=O) groups is 1. The molecule has 0 bridgehead atoms. The Morgan fingerprint density at radius 2 is 2.06 bits per heavy atom. The van der Waals surface area contributed by atoms with Gasteiger partial charge in [0, 0.05) is 13.6 Å². The second kappa shape index (κ2) is 7.04. The first-order valence-electron chi connectivity index (χ1n) is 5.75. The highest BCUT2D eigenvalue weighted by Gasteiger charge is 2.16. The number of likely N-dealkylation sites (N-methyl/N-ethyl adjacent to an activating group) is 1. The third-order valence-electron chi connectivity index (χ3n) is 2.74. The first-order chi connectivity index (χ1) is 8.16. The molecule has 1 unspecified atom stereocenters.